The third kappa shape index (κ3) is 3.16. The lowest BCUT2D eigenvalue weighted by molar-refractivity contribution is 0.0696. The molecule has 0 saturated carbocycles. The number of carboxylic acids is 1. The maximum Gasteiger partial charge on any atom is 0.335 e. The van der Waals surface area contributed by atoms with Crippen molar-refractivity contribution < 1.29 is 19.4 Å². The van der Waals surface area contributed by atoms with Crippen molar-refractivity contribution >= 4 is 23.2 Å². The number of thiophene rings is 1. The van der Waals surface area contributed by atoms with Crippen LogP contribution >= 0.6 is 11.3 Å². The van der Waals surface area contributed by atoms with E-state index in [9.17, 15) is 9.59 Å². The Balaban J connectivity index is 2.03. The second-order valence-electron chi connectivity index (χ2n) is 4.01. The number of carbonyl (C=O) groups excluding carboxylic acids is 1. The number of hydrogen-bond acceptors (Lipinski definition) is 4. The Morgan fingerprint density at radius 2 is 2.15 bits per heavy atom. The van der Waals surface area contributed by atoms with E-state index in [4.69, 9.17) is 9.84 Å². The minimum Gasteiger partial charge on any atom is -0.495 e. The van der Waals surface area contributed by atoms with Crippen LogP contribution in [0, 0.1) is 0 Å². The smallest absolute Gasteiger partial charge is 0.335 e. The van der Waals surface area contributed by atoms with Crippen LogP contribution in [0.4, 0.5) is 0 Å². The number of carbonyl (C=O) groups is 2. The van der Waals surface area contributed by atoms with E-state index in [1.54, 1.807) is 23.6 Å². The Labute approximate surface area is 119 Å². The predicted molar refractivity (Wildman–Crippen MR) is 75.4 cm³/mol. The van der Waals surface area contributed by atoms with Gasteiger partial charge in [0.2, 0.25) is 0 Å². The van der Waals surface area contributed by atoms with E-state index in [0.29, 0.717) is 10.6 Å². The van der Waals surface area contributed by atoms with E-state index in [1.165, 1.54) is 30.6 Å². The molecule has 5 nitrogen and oxygen atoms in total. The molecule has 0 atom stereocenters. The highest BCUT2D eigenvalue weighted by Crippen LogP contribution is 2.24. The summed E-state index contributed by atoms with van der Waals surface area (Å²) < 4.78 is 5.08. The van der Waals surface area contributed by atoms with Crippen LogP contribution in [0.5, 0.6) is 5.75 Å². The normalized spacial score (nSPS) is 10.1. The molecule has 1 amide bonds. The Morgan fingerprint density at radius 3 is 2.85 bits per heavy atom. The van der Waals surface area contributed by atoms with Crippen molar-refractivity contribution in [3.8, 4) is 5.75 Å². The van der Waals surface area contributed by atoms with Gasteiger partial charge in [-0.2, -0.15) is 0 Å². The van der Waals surface area contributed by atoms with Crippen molar-refractivity contribution in [3.63, 3.8) is 0 Å². The molecule has 6 heteroatoms. The fraction of sp³-hybridized carbons (Fsp3) is 0.143. The second kappa shape index (κ2) is 6.21. The molecule has 104 valence electrons. The van der Waals surface area contributed by atoms with Crippen LogP contribution in [0.1, 0.15) is 25.6 Å². The van der Waals surface area contributed by atoms with Gasteiger partial charge in [0.15, 0.2) is 0 Å². The number of rotatable bonds is 5. The van der Waals surface area contributed by atoms with Gasteiger partial charge in [0.1, 0.15) is 10.6 Å². The summed E-state index contributed by atoms with van der Waals surface area (Å²) in [6.07, 6.45) is 0. The molecule has 0 unspecified atom stereocenters. The molecule has 1 aromatic carbocycles. The molecule has 20 heavy (non-hydrogen) atoms. The van der Waals surface area contributed by atoms with Gasteiger partial charge in [-0.05, 0) is 29.1 Å². The lowest BCUT2D eigenvalue weighted by Gasteiger charge is -2.06. The molecule has 0 bridgehead atoms. The van der Waals surface area contributed by atoms with Crippen molar-refractivity contribution in [2.24, 2.45) is 0 Å². The molecule has 1 aromatic heterocycles. The standard InChI is InChI=1S/C14H13NO4S/c1-19-11-5-6-20-12(11)13(16)15-8-9-3-2-4-10(7-9)14(17)18/h2-7H,8H2,1H3,(H,15,16)(H,17,18). The van der Waals surface area contributed by atoms with Crippen LogP contribution in [0.3, 0.4) is 0 Å². The molecule has 2 N–H and O–H groups in total. The van der Waals surface area contributed by atoms with Gasteiger partial charge < -0.3 is 15.2 Å². The van der Waals surface area contributed by atoms with Gasteiger partial charge >= 0.3 is 5.97 Å². The molecule has 0 aliphatic heterocycles. The van der Waals surface area contributed by atoms with Crippen LogP contribution in [0.25, 0.3) is 0 Å². The molecule has 0 fully saturated rings. The summed E-state index contributed by atoms with van der Waals surface area (Å²) >= 11 is 1.29. The minimum atomic E-state index is -0.988. The first kappa shape index (κ1) is 14.1. The molecule has 1 heterocycles. The molecule has 0 aliphatic rings. The highest BCUT2D eigenvalue weighted by atomic mass is 32.1. The second-order valence-corrected chi connectivity index (χ2v) is 4.92. The van der Waals surface area contributed by atoms with Crippen LogP contribution < -0.4 is 10.1 Å². The van der Waals surface area contributed by atoms with E-state index in [2.05, 4.69) is 5.32 Å². The van der Waals surface area contributed by atoms with Gasteiger partial charge in [-0.15, -0.1) is 11.3 Å². The van der Waals surface area contributed by atoms with Gasteiger partial charge in [-0.25, -0.2) is 4.79 Å². The number of carboxylic acid groups (broad SMARTS) is 1. The third-order valence-corrected chi connectivity index (χ3v) is 3.58. The fourth-order valence-corrected chi connectivity index (χ4v) is 2.48. The summed E-state index contributed by atoms with van der Waals surface area (Å²) in [6, 6.07) is 8.18. The molecular weight excluding hydrogens is 278 g/mol. The van der Waals surface area contributed by atoms with E-state index in [-0.39, 0.29) is 18.0 Å². The first-order valence-corrected chi connectivity index (χ1v) is 6.71. The van der Waals surface area contributed by atoms with Crippen molar-refractivity contribution in [1.29, 1.82) is 0 Å². The first-order chi connectivity index (χ1) is 9.61. The largest absolute Gasteiger partial charge is 0.495 e. The summed E-state index contributed by atoms with van der Waals surface area (Å²) in [5, 5.41) is 13.4. The van der Waals surface area contributed by atoms with Crippen molar-refractivity contribution in [3.05, 3.63) is 51.7 Å². The summed E-state index contributed by atoms with van der Waals surface area (Å²) in [6.45, 7) is 0.265. The van der Waals surface area contributed by atoms with Crippen LogP contribution in [-0.2, 0) is 6.54 Å². The number of benzene rings is 1. The SMILES string of the molecule is COc1ccsc1C(=O)NCc1cccc(C(=O)O)c1. The van der Waals surface area contributed by atoms with Crippen LogP contribution in [-0.4, -0.2) is 24.1 Å². The van der Waals surface area contributed by atoms with Crippen LogP contribution in [0.15, 0.2) is 35.7 Å². The maximum absolute atomic E-state index is 12.0. The van der Waals surface area contributed by atoms with Gasteiger partial charge in [-0.1, -0.05) is 12.1 Å². The topological polar surface area (TPSA) is 75.6 Å². The Kier molecular flexibility index (Phi) is 4.37. The van der Waals surface area contributed by atoms with Gasteiger partial charge in [-0.3, -0.25) is 4.79 Å². The first-order valence-electron chi connectivity index (χ1n) is 5.83. The number of nitrogens with one attached hydrogen (secondary N) is 1. The predicted octanol–water partition coefficient (Wildman–Crippen LogP) is 2.38. The van der Waals surface area contributed by atoms with Gasteiger partial charge in [0.05, 0.1) is 12.7 Å². The number of hydrogen-bond donors (Lipinski definition) is 2. The molecule has 0 saturated heterocycles. The molecule has 2 rings (SSSR count). The highest BCUT2D eigenvalue weighted by Gasteiger charge is 2.13. The Morgan fingerprint density at radius 1 is 1.35 bits per heavy atom. The number of ether oxygens (including phenoxy) is 1. The maximum atomic E-state index is 12.0. The molecule has 0 radical (unpaired) electrons. The minimum absolute atomic E-state index is 0.199. The molecule has 2 aromatic rings. The van der Waals surface area contributed by atoms with E-state index in [1.807, 2.05) is 0 Å². The zero-order valence-corrected chi connectivity index (χ0v) is 11.6. The Hall–Kier alpha value is -2.34. The van der Waals surface area contributed by atoms with E-state index >= 15 is 0 Å². The summed E-state index contributed by atoms with van der Waals surface area (Å²) in [4.78, 5) is 23.3. The summed E-state index contributed by atoms with van der Waals surface area (Å²) in [7, 11) is 1.51. The van der Waals surface area contributed by atoms with Crippen LogP contribution in [0.2, 0.25) is 0 Å². The van der Waals surface area contributed by atoms with Crippen molar-refractivity contribution in [1.82, 2.24) is 5.32 Å². The molecule has 0 aliphatic carbocycles. The third-order valence-electron chi connectivity index (χ3n) is 2.68. The highest BCUT2D eigenvalue weighted by molar-refractivity contribution is 7.12. The molecular formula is C14H13NO4S. The van der Waals surface area contributed by atoms with E-state index in [0.717, 1.165) is 5.56 Å². The monoisotopic (exact) mass is 291 g/mol. The average Bonchev–Trinajstić information content (AvgIpc) is 2.93. The average molecular weight is 291 g/mol. The zero-order chi connectivity index (χ0) is 14.5. The van der Waals surface area contributed by atoms with Crippen molar-refractivity contribution in [2.75, 3.05) is 7.11 Å². The quantitative estimate of drug-likeness (QED) is 0.887. The van der Waals surface area contributed by atoms with Gasteiger partial charge in [0, 0.05) is 6.54 Å². The number of methoxy groups -OCH3 is 1. The summed E-state index contributed by atoms with van der Waals surface area (Å²) in [5.74, 6) is -0.692. The lowest BCUT2D eigenvalue weighted by atomic mass is 10.1. The van der Waals surface area contributed by atoms with Crippen molar-refractivity contribution in [2.45, 2.75) is 6.54 Å². The van der Waals surface area contributed by atoms with Gasteiger partial charge in [0.25, 0.3) is 5.91 Å². The lowest BCUT2D eigenvalue weighted by Crippen LogP contribution is -2.22. The fourth-order valence-electron chi connectivity index (χ4n) is 1.70. The van der Waals surface area contributed by atoms with E-state index < -0.39 is 5.97 Å². The number of aromatic carboxylic acids is 1. The Bertz CT molecular complexity index is 636. The number of amides is 1. The summed E-state index contributed by atoms with van der Waals surface area (Å²) in [5.41, 5.74) is 0.930. The molecule has 0 spiro atoms. The zero-order valence-electron chi connectivity index (χ0n) is 10.8.